The predicted octanol–water partition coefficient (Wildman–Crippen LogP) is 3.87. The second-order valence-electron chi connectivity index (χ2n) is 8.65. The fourth-order valence-electron chi connectivity index (χ4n) is 4.28. The minimum absolute atomic E-state index is 0.176. The van der Waals surface area contributed by atoms with E-state index in [9.17, 15) is 9.90 Å². The van der Waals surface area contributed by atoms with Gasteiger partial charge in [0.05, 0.1) is 6.04 Å². The molecule has 5 heteroatoms. The number of rotatable bonds is 2. The average molecular weight is 360 g/mol. The van der Waals surface area contributed by atoms with Crippen molar-refractivity contribution in [3.63, 3.8) is 0 Å². The van der Waals surface area contributed by atoms with Crippen LogP contribution in [0.2, 0.25) is 0 Å². The average Bonchev–Trinajstić information content (AvgIpc) is 2.61. The molecule has 1 aliphatic carbocycles. The quantitative estimate of drug-likeness (QED) is 0.840. The van der Waals surface area contributed by atoms with Crippen LogP contribution < -0.4 is 5.32 Å². The number of aromatic hydroxyl groups is 1. The van der Waals surface area contributed by atoms with E-state index in [-0.39, 0.29) is 12.1 Å². The number of phenolic OH excluding ortho intramolecular Hbond substituents is 1. The van der Waals surface area contributed by atoms with Gasteiger partial charge in [-0.2, -0.15) is 0 Å². The molecular formula is C21H32N2O3. The minimum Gasteiger partial charge on any atom is -0.508 e. The van der Waals surface area contributed by atoms with Crippen molar-refractivity contribution in [1.29, 1.82) is 0 Å². The number of benzene rings is 1. The molecule has 3 rings (SSSR count). The number of piperazine rings is 1. The second-order valence-corrected chi connectivity index (χ2v) is 8.65. The number of nitrogens with zero attached hydrogens (tertiary/aromatic N) is 1. The van der Waals surface area contributed by atoms with Gasteiger partial charge in [0.15, 0.2) is 0 Å². The number of nitrogens with one attached hydrogen (secondary N) is 1. The molecule has 1 aromatic carbocycles. The topological polar surface area (TPSA) is 61.8 Å². The molecule has 1 heterocycles. The summed E-state index contributed by atoms with van der Waals surface area (Å²) < 4.78 is 5.64. The Morgan fingerprint density at radius 1 is 1.15 bits per heavy atom. The molecule has 1 amide bonds. The van der Waals surface area contributed by atoms with E-state index < -0.39 is 5.60 Å². The van der Waals surface area contributed by atoms with Crippen LogP contribution in [0.1, 0.15) is 57.9 Å². The van der Waals surface area contributed by atoms with Crippen LogP contribution in [0.3, 0.4) is 0 Å². The first-order valence-corrected chi connectivity index (χ1v) is 9.83. The van der Waals surface area contributed by atoms with Crippen molar-refractivity contribution in [2.75, 3.05) is 19.6 Å². The minimum atomic E-state index is -0.455. The molecule has 1 unspecified atom stereocenters. The van der Waals surface area contributed by atoms with Crippen LogP contribution in [0.25, 0.3) is 0 Å². The maximum atomic E-state index is 12.6. The van der Waals surface area contributed by atoms with Gasteiger partial charge in [-0.25, -0.2) is 4.79 Å². The van der Waals surface area contributed by atoms with E-state index in [1.54, 1.807) is 12.1 Å². The number of hydrogen-bond acceptors (Lipinski definition) is 4. The summed E-state index contributed by atoms with van der Waals surface area (Å²) in [7, 11) is 0. The van der Waals surface area contributed by atoms with Gasteiger partial charge in [-0.1, -0.05) is 12.1 Å². The Morgan fingerprint density at radius 3 is 2.42 bits per heavy atom. The zero-order chi connectivity index (χ0) is 18.7. The third kappa shape index (κ3) is 4.70. The highest BCUT2D eigenvalue weighted by molar-refractivity contribution is 5.68. The van der Waals surface area contributed by atoms with Crippen LogP contribution in [-0.2, 0) is 4.74 Å². The van der Waals surface area contributed by atoms with Gasteiger partial charge >= 0.3 is 6.09 Å². The molecule has 144 valence electrons. The third-order valence-corrected chi connectivity index (χ3v) is 5.59. The number of carbonyl (C=O) groups is 1. The van der Waals surface area contributed by atoms with Crippen molar-refractivity contribution in [2.24, 2.45) is 5.92 Å². The van der Waals surface area contributed by atoms with Crippen molar-refractivity contribution >= 4 is 6.09 Å². The van der Waals surface area contributed by atoms with E-state index >= 15 is 0 Å². The summed E-state index contributed by atoms with van der Waals surface area (Å²) in [5.41, 5.74) is 0.857. The Labute approximate surface area is 156 Å². The maximum Gasteiger partial charge on any atom is 0.410 e. The Bertz CT molecular complexity index is 601. The Hall–Kier alpha value is -1.75. The fraction of sp³-hybridized carbons (Fsp3) is 0.667. The molecule has 1 aliphatic heterocycles. The van der Waals surface area contributed by atoms with E-state index in [2.05, 4.69) is 5.32 Å². The van der Waals surface area contributed by atoms with E-state index in [1.165, 1.54) is 5.56 Å². The van der Waals surface area contributed by atoms with E-state index in [0.29, 0.717) is 17.6 Å². The van der Waals surface area contributed by atoms with Gasteiger partial charge in [-0.15, -0.1) is 0 Å². The molecule has 2 fully saturated rings. The molecule has 2 N–H and O–H groups in total. The molecule has 1 saturated heterocycles. The summed E-state index contributed by atoms with van der Waals surface area (Å²) in [6.45, 7) is 8.17. The number of carbonyl (C=O) groups excluding carboxylic acids is 1. The van der Waals surface area contributed by atoms with Gasteiger partial charge < -0.3 is 20.1 Å². The van der Waals surface area contributed by atoms with Crippen LogP contribution >= 0.6 is 0 Å². The van der Waals surface area contributed by atoms with Crippen LogP contribution in [-0.4, -0.2) is 47.4 Å². The molecule has 0 bridgehead atoms. The largest absolute Gasteiger partial charge is 0.508 e. The maximum absolute atomic E-state index is 12.6. The molecule has 0 spiro atoms. The monoisotopic (exact) mass is 360 g/mol. The first-order valence-electron chi connectivity index (χ1n) is 9.83. The normalized spacial score (nSPS) is 27.2. The summed E-state index contributed by atoms with van der Waals surface area (Å²) in [5, 5.41) is 12.9. The Kier molecular flexibility index (Phi) is 5.76. The number of phenols is 1. The summed E-state index contributed by atoms with van der Waals surface area (Å²) in [4.78, 5) is 14.6. The van der Waals surface area contributed by atoms with Crippen molar-refractivity contribution in [2.45, 2.75) is 64.0 Å². The highest BCUT2D eigenvalue weighted by Gasteiger charge is 2.37. The van der Waals surface area contributed by atoms with Crippen molar-refractivity contribution in [1.82, 2.24) is 10.2 Å². The predicted molar refractivity (Wildman–Crippen MR) is 102 cm³/mol. The van der Waals surface area contributed by atoms with Crippen LogP contribution in [0, 0.1) is 5.92 Å². The molecule has 1 aromatic rings. The van der Waals surface area contributed by atoms with Crippen molar-refractivity contribution < 1.29 is 14.6 Å². The van der Waals surface area contributed by atoms with E-state index in [4.69, 9.17) is 4.74 Å². The number of ether oxygens (including phenoxy) is 1. The van der Waals surface area contributed by atoms with Crippen molar-refractivity contribution in [3.05, 3.63) is 29.8 Å². The molecule has 0 aromatic heterocycles. The van der Waals surface area contributed by atoms with Gasteiger partial charge in [-0.3, -0.25) is 0 Å². The SMILES string of the molecule is CC(C)(C)OC(=O)N1CCNCC1C1CCC(c2ccc(O)cc2)CC1. The van der Waals surface area contributed by atoms with Crippen LogP contribution in [0.4, 0.5) is 4.79 Å². The molecule has 1 atom stereocenters. The summed E-state index contributed by atoms with van der Waals surface area (Å²) in [5.74, 6) is 1.39. The van der Waals surface area contributed by atoms with E-state index in [0.717, 1.165) is 45.3 Å². The first kappa shape index (κ1) is 19.0. The van der Waals surface area contributed by atoms with Gasteiger partial charge in [0.25, 0.3) is 0 Å². The second kappa shape index (κ2) is 7.87. The summed E-state index contributed by atoms with van der Waals surface area (Å²) in [6.07, 6.45) is 4.33. The lowest BCUT2D eigenvalue weighted by Gasteiger charge is -2.43. The first-order chi connectivity index (χ1) is 12.3. The van der Waals surface area contributed by atoms with Crippen LogP contribution in [0.5, 0.6) is 5.75 Å². The van der Waals surface area contributed by atoms with Gasteiger partial charge in [-0.05, 0) is 76.0 Å². The lowest BCUT2D eigenvalue weighted by molar-refractivity contribution is 0.00109. The molecular weight excluding hydrogens is 328 g/mol. The summed E-state index contributed by atoms with van der Waals surface area (Å²) in [6, 6.07) is 7.85. The smallest absolute Gasteiger partial charge is 0.410 e. The van der Waals surface area contributed by atoms with Crippen molar-refractivity contribution in [3.8, 4) is 5.75 Å². The standard InChI is InChI=1S/C21H32N2O3/c1-21(2,3)26-20(25)23-13-12-22-14-19(23)17-6-4-15(5-7-17)16-8-10-18(24)11-9-16/h8-11,15,17,19,22,24H,4-7,12-14H2,1-3H3. The Balaban J connectivity index is 1.61. The highest BCUT2D eigenvalue weighted by atomic mass is 16.6. The lowest BCUT2D eigenvalue weighted by Crippen LogP contribution is -2.57. The molecule has 5 nitrogen and oxygen atoms in total. The molecule has 26 heavy (non-hydrogen) atoms. The van der Waals surface area contributed by atoms with Gasteiger partial charge in [0.1, 0.15) is 11.4 Å². The van der Waals surface area contributed by atoms with Crippen LogP contribution in [0.15, 0.2) is 24.3 Å². The zero-order valence-corrected chi connectivity index (χ0v) is 16.2. The zero-order valence-electron chi connectivity index (χ0n) is 16.2. The molecule has 0 radical (unpaired) electrons. The third-order valence-electron chi connectivity index (χ3n) is 5.59. The highest BCUT2D eigenvalue weighted by Crippen LogP contribution is 2.39. The van der Waals surface area contributed by atoms with Gasteiger partial charge in [0.2, 0.25) is 0 Å². The van der Waals surface area contributed by atoms with Gasteiger partial charge in [0, 0.05) is 19.6 Å². The number of hydrogen-bond donors (Lipinski definition) is 2. The van der Waals surface area contributed by atoms with E-state index in [1.807, 2.05) is 37.8 Å². The summed E-state index contributed by atoms with van der Waals surface area (Å²) >= 11 is 0. The number of amides is 1. The Morgan fingerprint density at radius 2 is 1.81 bits per heavy atom. The fourth-order valence-corrected chi connectivity index (χ4v) is 4.28. The lowest BCUT2D eigenvalue weighted by atomic mass is 9.75. The molecule has 1 saturated carbocycles. The molecule has 2 aliphatic rings.